The van der Waals surface area contributed by atoms with E-state index in [1.54, 1.807) is 26.2 Å². The van der Waals surface area contributed by atoms with Gasteiger partial charge in [-0.25, -0.2) is 14.4 Å². The van der Waals surface area contributed by atoms with Gasteiger partial charge in [0.25, 0.3) is 5.91 Å². The average molecular weight is 763 g/mol. The van der Waals surface area contributed by atoms with Crippen molar-refractivity contribution in [2.45, 2.75) is 117 Å². The lowest BCUT2D eigenvalue weighted by atomic mass is 9.73. The van der Waals surface area contributed by atoms with Crippen molar-refractivity contribution in [3.8, 4) is 11.3 Å². The summed E-state index contributed by atoms with van der Waals surface area (Å²) in [5.41, 5.74) is 5.21. The lowest BCUT2D eigenvalue weighted by Gasteiger charge is -2.49. The Bertz CT molecular complexity index is 2200. The van der Waals surface area contributed by atoms with Gasteiger partial charge >= 0.3 is 0 Å². The maximum atomic E-state index is 15.7. The quantitative estimate of drug-likeness (QED) is 0.191. The molecule has 56 heavy (non-hydrogen) atoms. The number of nitrogens with one attached hydrogen (secondary N) is 2. The fraction of sp³-hybridized carbons (Fsp3) is 0.523. The highest BCUT2D eigenvalue weighted by Gasteiger charge is 2.55. The fourth-order valence-electron chi connectivity index (χ4n) is 9.59. The second-order valence-corrected chi connectivity index (χ2v) is 17.4. The zero-order chi connectivity index (χ0) is 39.6. The van der Waals surface area contributed by atoms with E-state index in [1.165, 1.54) is 18.9 Å². The largest absolute Gasteiger partial charge is 0.350 e. The van der Waals surface area contributed by atoms with Crippen molar-refractivity contribution in [2.24, 2.45) is 5.92 Å². The molecular weight excluding hydrogens is 708 g/mol. The summed E-state index contributed by atoms with van der Waals surface area (Å²) in [6.45, 7) is 16.9. The monoisotopic (exact) mass is 762 g/mol. The molecule has 4 aromatic rings. The average Bonchev–Trinajstić information content (AvgIpc) is 3.66. The number of rotatable bonds is 8. The molecule has 8 rings (SSSR count). The van der Waals surface area contributed by atoms with Gasteiger partial charge in [0.2, 0.25) is 11.8 Å². The lowest BCUT2D eigenvalue weighted by Crippen LogP contribution is -2.59. The van der Waals surface area contributed by atoms with Crippen LogP contribution in [0.25, 0.3) is 22.3 Å². The number of carbonyl (C=O) groups is 3. The number of anilines is 3. The van der Waals surface area contributed by atoms with Gasteiger partial charge in [-0.2, -0.15) is 0 Å². The summed E-state index contributed by atoms with van der Waals surface area (Å²) in [6, 6.07) is 11.7. The van der Waals surface area contributed by atoms with E-state index in [4.69, 9.17) is 9.97 Å². The number of aryl methyl sites for hydroxylation is 1. The first-order chi connectivity index (χ1) is 26.7. The molecule has 3 fully saturated rings. The van der Waals surface area contributed by atoms with Gasteiger partial charge in [-0.3, -0.25) is 19.3 Å². The second kappa shape index (κ2) is 14.6. The van der Waals surface area contributed by atoms with E-state index >= 15 is 4.39 Å². The third kappa shape index (κ3) is 6.63. The molecule has 1 spiro atoms. The molecular formula is C44H55FN8O3. The second-order valence-electron chi connectivity index (χ2n) is 17.4. The fourth-order valence-corrected chi connectivity index (χ4v) is 9.59. The molecule has 0 radical (unpaired) electrons. The van der Waals surface area contributed by atoms with E-state index in [9.17, 15) is 14.4 Å². The van der Waals surface area contributed by atoms with Crippen molar-refractivity contribution in [1.82, 2.24) is 29.7 Å². The van der Waals surface area contributed by atoms with Crippen LogP contribution in [0.3, 0.4) is 0 Å². The Morgan fingerprint density at radius 2 is 1.75 bits per heavy atom. The first-order valence-electron chi connectivity index (χ1n) is 20.5. The molecule has 2 aromatic carbocycles. The van der Waals surface area contributed by atoms with E-state index < -0.39 is 11.2 Å². The predicted molar refractivity (Wildman–Crippen MR) is 218 cm³/mol. The number of nitrogens with zero attached hydrogens (tertiary/aromatic N) is 6. The number of amides is 3. The topological polar surface area (TPSA) is 116 Å². The SMILES string of the molecule is CC(=O)N1CCC2(CC1)C(=O)N(C1CC(N3CCCC(C)C3)C1)c1cc(-c3cc4ncn(C(C)C)c4c(Nc4cc(C(=O)NC(C)C)c(C)cc4F)n3)ccc12. The third-order valence-corrected chi connectivity index (χ3v) is 12.8. The van der Waals surface area contributed by atoms with E-state index in [-0.39, 0.29) is 41.5 Å². The maximum Gasteiger partial charge on any atom is 0.251 e. The normalized spacial score (nSPS) is 22.2. The molecule has 5 heterocycles. The number of fused-ring (bicyclic) bond motifs is 3. The Kier molecular flexibility index (Phi) is 9.91. The predicted octanol–water partition coefficient (Wildman–Crippen LogP) is 7.50. The third-order valence-electron chi connectivity index (χ3n) is 12.8. The molecule has 2 saturated heterocycles. The molecule has 12 heteroatoms. The van der Waals surface area contributed by atoms with Crippen LogP contribution >= 0.6 is 0 Å². The summed E-state index contributed by atoms with van der Waals surface area (Å²) in [5, 5.41) is 6.17. The van der Waals surface area contributed by atoms with Crippen LogP contribution in [0.5, 0.6) is 0 Å². The van der Waals surface area contributed by atoms with E-state index in [2.05, 4.69) is 53.3 Å². The zero-order valence-electron chi connectivity index (χ0n) is 33.8. The van der Waals surface area contributed by atoms with Crippen LogP contribution in [0.1, 0.15) is 108 Å². The summed E-state index contributed by atoms with van der Waals surface area (Å²) < 4.78 is 17.7. The first-order valence-corrected chi connectivity index (χ1v) is 20.5. The number of imidazole rings is 1. The van der Waals surface area contributed by atoms with Crippen LogP contribution in [-0.4, -0.2) is 86.4 Å². The van der Waals surface area contributed by atoms with Crippen LogP contribution in [0.4, 0.5) is 21.6 Å². The number of hydrogen-bond donors (Lipinski definition) is 2. The molecule has 1 atom stereocenters. The minimum Gasteiger partial charge on any atom is -0.350 e. The molecule has 2 aromatic heterocycles. The zero-order valence-corrected chi connectivity index (χ0v) is 33.8. The number of likely N-dealkylation sites (tertiary alicyclic amines) is 2. The number of piperidine rings is 2. The molecule has 11 nitrogen and oxygen atoms in total. The molecule has 0 bridgehead atoms. The van der Waals surface area contributed by atoms with Crippen LogP contribution in [-0.2, 0) is 15.0 Å². The molecule has 1 aliphatic carbocycles. The number of halogens is 1. The number of hydrogen-bond acceptors (Lipinski definition) is 7. The maximum absolute atomic E-state index is 15.7. The summed E-state index contributed by atoms with van der Waals surface area (Å²) in [5.74, 6) is 0.536. The molecule has 1 saturated carbocycles. The highest BCUT2D eigenvalue weighted by atomic mass is 19.1. The van der Waals surface area contributed by atoms with Crippen LogP contribution in [0.2, 0.25) is 0 Å². The smallest absolute Gasteiger partial charge is 0.251 e. The molecule has 4 aliphatic rings. The summed E-state index contributed by atoms with van der Waals surface area (Å²) in [6.07, 6.45) is 7.36. The highest BCUT2D eigenvalue weighted by molar-refractivity contribution is 6.09. The van der Waals surface area contributed by atoms with Gasteiger partial charge < -0.3 is 25.0 Å². The number of pyridine rings is 1. The van der Waals surface area contributed by atoms with Crippen molar-refractivity contribution in [2.75, 3.05) is 36.4 Å². The van der Waals surface area contributed by atoms with E-state index in [0.29, 0.717) is 66.0 Å². The summed E-state index contributed by atoms with van der Waals surface area (Å²) in [7, 11) is 0. The molecule has 3 amide bonds. The number of carbonyl (C=O) groups excluding carboxylic acids is 3. The Morgan fingerprint density at radius 1 is 1.00 bits per heavy atom. The van der Waals surface area contributed by atoms with Gasteiger partial charge in [0.05, 0.1) is 28.6 Å². The highest BCUT2D eigenvalue weighted by Crippen LogP contribution is 2.52. The van der Waals surface area contributed by atoms with Crippen LogP contribution in [0.15, 0.2) is 42.7 Å². The molecule has 296 valence electrons. The van der Waals surface area contributed by atoms with Crippen molar-refractivity contribution in [3.05, 3.63) is 65.2 Å². The summed E-state index contributed by atoms with van der Waals surface area (Å²) in [4.78, 5) is 56.7. The Hall–Kier alpha value is -4.84. The minimum absolute atomic E-state index is 0.0432. The van der Waals surface area contributed by atoms with Gasteiger partial charge in [0, 0.05) is 67.5 Å². The van der Waals surface area contributed by atoms with Gasteiger partial charge in [0.1, 0.15) is 11.3 Å². The molecule has 2 N–H and O–H groups in total. The molecule has 3 aliphatic heterocycles. The number of aromatic nitrogens is 3. The van der Waals surface area contributed by atoms with E-state index in [0.717, 1.165) is 48.3 Å². The standard InChI is InChI=1S/C44H55FN8O3/c1-25(2)47-42(55)33-21-37(35(45)17-28(33)6)49-41-40-38(46-24-52(40)26(3)4)22-36(48-41)30-10-11-34-39(18-30)53(32-19-31(20-32)51-14-8-9-27(5)23-51)43(56)44(34)12-15-50(16-13-44)29(7)54/h10-11,17-18,21-22,24-27,31-32H,8-9,12-16,19-20,23H2,1-7H3,(H,47,55)(H,48,49). The van der Waals surface area contributed by atoms with Gasteiger partial charge in [0.15, 0.2) is 5.82 Å². The van der Waals surface area contributed by atoms with Crippen molar-refractivity contribution < 1.29 is 18.8 Å². The van der Waals surface area contributed by atoms with Gasteiger partial charge in [-0.15, -0.1) is 0 Å². The Labute approximate surface area is 329 Å². The lowest BCUT2D eigenvalue weighted by molar-refractivity contribution is -0.134. The minimum atomic E-state index is -0.673. The summed E-state index contributed by atoms with van der Waals surface area (Å²) >= 11 is 0. The molecule has 1 unspecified atom stereocenters. The Morgan fingerprint density at radius 3 is 2.43 bits per heavy atom. The van der Waals surface area contributed by atoms with Crippen molar-refractivity contribution in [1.29, 1.82) is 0 Å². The van der Waals surface area contributed by atoms with Crippen molar-refractivity contribution in [3.63, 3.8) is 0 Å². The van der Waals surface area contributed by atoms with Gasteiger partial charge in [-0.1, -0.05) is 19.1 Å². The number of benzene rings is 2. The van der Waals surface area contributed by atoms with Gasteiger partial charge in [-0.05, 0) is 121 Å². The Balaban J connectivity index is 1.19. The van der Waals surface area contributed by atoms with E-state index in [1.807, 2.05) is 35.4 Å². The first kappa shape index (κ1) is 38.1. The van der Waals surface area contributed by atoms with Crippen LogP contribution < -0.4 is 15.5 Å². The van der Waals surface area contributed by atoms with Crippen molar-refractivity contribution >= 4 is 45.9 Å². The van der Waals surface area contributed by atoms with Crippen LogP contribution in [0, 0.1) is 18.7 Å².